The molecule has 0 bridgehead atoms. The largest absolute Gasteiger partial charge is 0.381 e. The van der Waals surface area contributed by atoms with E-state index in [0.717, 1.165) is 82.3 Å². The molecule has 7 nitrogen and oxygen atoms in total. The Kier molecular flexibility index (Phi) is 11.5. The normalized spacial score (nSPS) is 19.0. The number of ether oxygens (including phenoxy) is 2. The van der Waals surface area contributed by atoms with E-state index in [0.29, 0.717) is 12.5 Å². The zero-order valence-corrected chi connectivity index (χ0v) is 20.2. The Morgan fingerprint density at radius 2 is 2.13 bits per heavy atom. The van der Waals surface area contributed by atoms with Crippen LogP contribution in [0.2, 0.25) is 0 Å². The summed E-state index contributed by atoms with van der Waals surface area (Å²) in [5.74, 6) is 1.65. The molecule has 1 aliphatic carbocycles. The number of anilines is 1. The van der Waals surface area contributed by atoms with Gasteiger partial charge in [0, 0.05) is 50.9 Å². The Hall–Kier alpha value is -1.39. The Morgan fingerprint density at radius 1 is 1.27 bits per heavy atom. The lowest BCUT2D eigenvalue weighted by Crippen LogP contribution is -2.37. The van der Waals surface area contributed by atoms with Gasteiger partial charge in [-0.25, -0.2) is 0 Å². The average molecular weight is 530 g/mol. The van der Waals surface area contributed by atoms with Gasteiger partial charge in [0.2, 0.25) is 5.91 Å². The molecule has 1 aromatic rings. The minimum Gasteiger partial charge on any atom is -0.381 e. The van der Waals surface area contributed by atoms with Crippen molar-refractivity contribution >= 4 is 41.5 Å². The van der Waals surface area contributed by atoms with E-state index in [1.165, 1.54) is 0 Å². The first-order chi connectivity index (χ1) is 14.2. The number of hydrogen-bond acceptors (Lipinski definition) is 4. The maximum Gasteiger partial charge on any atom is 0.227 e. The Bertz CT molecular complexity index is 676. The number of rotatable bonds is 10. The van der Waals surface area contributed by atoms with Gasteiger partial charge in [-0.15, -0.1) is 24.0 Å². The van der Waals surface area contributed by atoms with Gasteiger partial charge in [-0.05, 0) is 43.4 Å². The van der Waals surface area contributed by atoms with Gasteiger partial charge >= 0.3 is 0 Å². The van der Waals surface area contributed by atoms with Crippen molar-refractivity contribution in [3.05, 3.63) is 29.8 Å². The van der Waals surface area contributed by atoms with Crippen LogP contribution in [-0.2, 0) is 20.8 Å². The SMILES string of the molecule is CN=C(NCCCOCC1CCOC1)NCc1cccc(NC(=O)C2CCC2)c1.I. The fourth-order valence-corrected chi connectivity index (χ4v) is 3.43. The summed E-state index contributed by atoms with van der Waals surface area (Å²) < 4.78 is 11.1. The van der Waals surface area contributed by atoms with Crippen molar-refractivity contribution < 1.29 is 14.3 Å². The molecule has 1 saturated carbocycles. The minimum atomic E-state index is 0. The van der Waals surface area contributed by atoms with Gasteiger partial charge in [-0.1, -0.05) is 18.6 Å². The molecule has 1 amide bonds. The van der Waals surface area contributed by atoms with E-state index < -0.39 is 0 Å². The lowest BCUT2D eigenvalue weighted by Gasteiger charge is -2.24. The number of aliphatic imine (C=N–C) groups is 1. The molecular weight excluding hydrogens is 495 g/mol. The molecule has 0 spiro atoms. The van der Waals surface area contributed by atoms with Crippen LogP contribution in [0.5, 0.6) is 0 Å². The lowest BCUT2D eigenvalue weighted by molar-refractivity contribution is -0.122. The zero-order valence-electron chi connectivity index (χ0n) is 17.8. The number of carbonyl (C=O) groups excluding carboxylic acids is 1. The number of hydrogen-bond donors (Lipinski definition) is 3. The highest BCUT2D eigenvalue weighted by molar-refractivity contribution is 14.0. The number of amides is 1. The van der Waals surface area contributed by atoms with Crippen LogP contribution in [0.25, 0.3) is 0 Å². The number of nitrogens with one attached hydrogen (secondary N) is 3. The molecule has 1 unspecified atom stereocenters. The summed E-state index contributed by atoms with van der Waals surface area (Å²) in [7, 11) is 1.77. The molecule has 168 valence electrons. The maximum atomic E-state index is 12.1. The molecule has 1 aromatic carbocycles. The van der Waals surface area contributed by atoms with Gasteiger partial charge in [0.1, 0.15) is 0 Å². The van der Waals surface area contributed by atoms with E-state index in [-0.39, 0.29) is 35.8 Å². The third-order valence-corrected chi connectivity index (χ3v) is 5.49. The third kappa shape index (κ3) is 8.39. The van der Waals surface area contributed by atoms with Crippen molar-refractivity contribution in [2.24, 2.45) is 16.8 Å². The summed E-state index contributed by atoms with van der Waals surface area (Å²) in [6.07, 6.45) is 5.22. The molecule has 30 heavy (non-hydrogen) atoms. The highest BCUT2D eigenvalue weighted by Crippen LogP contribution is 2.27. The van der Waals surface area contributed by atoms with Gasteiger partial charge in [0.05, 0.1) is 13.2 Å². The molecule has 1 saturated heterocycles. The quantitative estimate of drug-likeness (QED) is 0.187. The van der Waals surface area contributed by atoms with Gasteiger partial charge in [-0.3, -0.25) is 9.79 Å². The van der Waals surface area contributed by atoms with Crippen molar-refractivity contribution in [2.75, 3.05) is 45.3 Å². The molecule has 1 heterocycles. The second-order valence-corrected chi connectivity index (χ2v) is 7.83. The molecule has 0 radical (unpaired) electrons. The first kappa shape index (κ1) is 24.9. The van der Waals surface area contributed by atoms with Crippen LogP contribution in [0.3, 0.4) is 0 Å². The fraction of sp³-hybridized carbons (Fsp3) is 0.636. The lowest BCUT2D eigenvalue weighted by atomic mass is 9.85. The molecule has 1 aliphatic heterocycles. The van der Waals surface area contributed by atoms with Gasteiger partial charge in [0.25, 0.3) is 0 Å². The monoisotopic (exact) mass is 530 g/mol. The smallest absolute Gasteiger partial charge is 0.227 e. The molecule has 3 N–H and O–H groups in total. The van der Waals surface area contributed by atoms with Crippen LogP contribution < -0.4 is 16.0 Å². The second-order valence-electron chi connectivity index (χ2n) is 7.83. The molecular formula is C22H35IN4O3. The van der Waals surface area contributed by atoms with Crippen LogP contribution >= 0.6 is 24.0 Å². The van der Waals surface area contributed by atoms with E-state index in [1.807, 2.05) is 24.3 Å². The van der Waals surface area contributed by atoms with Crippen molar-refractivity contribution in [1.29, 1.82) is 0 Å². The van der Waals surface area contributed by atoms with E-state index in [9.17, 15) is 4.79 Å². The van der Waals surface area contributed by atoms with Gasteiger partial charge < -0.3 is 25.4 Å². The number of benzene rings is 1. The van der Waals surface area contributed by atoms with Gasteiger partial charge in [-0.2, -0.15) is 0 Å². The third-order valence-electron chi connectivity index (χ3n) is 5.49. The number of halogens is 1. The Balaban J connectivity index is 0.00000320. The summed E-state index contributed by atoms with van der Waals surface area (Å²) >= 11 is 0. The number of carbonyl (C=O) groups is 1. The van der Waals surface area contributed by atoms with Crippen molar-refractivity contribution in [3.8, 4) is 0 Å². The second kappa shape index (κ2) is 13.8. The number of guanidine groups is 1. The van der Waals surface area contributed by atoms with Crippen molar-refractivity contribution in [1.82, 2.24) is 10.6 Å². The number of nitrogens with zero attached hydrogens (tertiary/aromatic N) is 1. The summed E-state index contributed by atoms with van der Waals surface area (Å²) in [5.41, 5.74) is 1.95. The molecule has 3 rings (SSSR count). The molecule has 8 heteroatoms. The van der Waals surface area contributed by atoms with Crippen LogP contribution in [0.1, 0.15) is 37.7 Å². The summed E-state index contributed by atoms with van der Waals surface area (Å²) in [5, 5.41) is 9.65. The van der Waals surface area contributed by atoms with E-state index in [2.05, 4.69) is 20.9 Å². The molecule has 1 atom stereocenters. The maximum absolute atomic E-state index is 12.1. The standard InChI is InChI=1S/C22H34N4O3.HI/c1-23-22(24-10-4-11-28-15-18-9-12-29-16-18)25-14-17-5-2-8-20(13-17)26-21(27)19-6-3-7-19;/h2,5,8,13,18-19H,3-4,6-7,9-12,14-16H2,1H3,(H,26,27)(H2,23,24,25);1H. The summed E-state index contributed by atoms with van der Waals surface area (Å²) in [6, 6.07) is 7.96. The highest BCUT2D eigenvalue weighted by atomic mass is 127. The predicted molar refractivity (Wildman–Crippen MR) is 130 cm³/mol. The zero-order chi connectivity index (χ0) is 20.3. The van der Waals surface area contributed by atoms with E-state index >= 15 is 0 Å². The molecule has 0 aromatic heterocycles. The summed E-state index contributed by atoms with van der Waals surface area (Å²) in [6.45, 7) is 4.68. The molecule has 2 fully saturated rings. The van der Waals surface area contributed by atoms with E-state index in [4.69, 9.17) is 9.47 Å². The van der Waals surface area contributed by atoms with E-state index in [1.54, 1.807) is 7.05 Å². The molecule has 2 aliphatic rings. The fourth-order valence-electron chi connectivity index (χ4n) is 3.43. The van der Waals surface area contributed by atoms with Crippen molar-refractivity contribution in [3.63, 3.8) is 0 Å². The van der Waals surface area contributed by atoms with Gasteiger partial charge in [0.15, 0.2) is 5.96 Å². The van der Waals surface area contributed by atoms with Crippen LogP contribution in [-0.4, -0.2) is 51.9 Å². The topological polar surface area (TPSA) is 84.0 Å². The predicted octanol–water partition coefficient (Wildman–Crippen LogP) is 3.15. The minimum absolute atomic E-state index is 0. The Labute approximate surface area is 196 Å². The van der Waals surface area contributed by atoms with Crippen molar-refractivity contribution in [2.45, 2.75) is 38.6 Å². The van der Waals surface area contributed by atoms with Crippen LogP contribution in [0.15, 0.2) is 29.3 Å². The van der Waals surface area contributed by atoms with Crippen LogP contribution in [0, 0.1) is 11.8 Å². The first-order valence-electron chi connectivity index (χ1n) is 10.7. The Morgan fingerprint density at radius 3 is 2.83 bits per heavy atom. The summed E-state index contributed by atoms with van der Waals surface area (Å²) in [4.78, 5) is 16.4. The highest BCUT2D eigenvalue weighted by Gasteiger charge is 2.25. The van der Waals surface area contributed by atoms with Crippen LogP contribution in [0.4, 0.5) is 5.69 Å². The first-order valence-corrected chi connectivity index (χ1v) is 10.7. The average Bonchev–Trinajstić information content (AvgIpc) is 3.19.